The van der Waals surface area contributed by atoms with Gasteiger partial charge < -0.3 is 14.1 Å². The van der Waals surface area contributed by atoms with Crippen molar-refractivity contribution in [1.82, 2.24) is 9.91 Å². The van der Waals surface area contributed by atoms with Crippen LogP contribution in [0.3, 0.4) is 0 Å². The number of thioether (sulfide) groups is 1. The van der Waals surface area contributed by atoms with Gasteiger partial charge >= 0.3 is 0 Å². The first-order chi connectivity index (χ1) is 16.5. The molecule has 0 bridgehead atoms. The number of ether oxygens (including phenoxy) is 1. The Morgan fingerprint density at radius 2 is 1.97 bits per heavy atom. The topological polar surface area (TPSA) is 112 Å². The number of hydrazone groups is 1. The first-order valence-corrected chi connectivity index (χ1v) is 12.4. The monoisotopic (exact) mass is 515 g/mol. The molecule has 1 fully saturated rings. The number of hydrogen-bond acceptors (Lipinski definition) is 8. The molecule has 9 nitrogen and oxygen atoms in total. The van der Waals surface area contributed by atoms with Crippen molar-refractivity contribution in [2.45, 2.75) is 16.4 Å². The van der Waals surface area contributed by atoms with E-state index >= 15 is 0 Å². The highest BCUT2D eigenvalue weighted by molar-refractivity contribution is 8.27. The number of benzene rings is 1. The molecule has 0 saturated carbocycles. The van der Waals surface area contributed by atoms with E-state index in [2.05, 4.69) is 10.1 Å². The molecule has 5 rings (SSSR count). The summed E-state index contributed by atoms with van der Waals surface area (Å²) in [5.41, 5.74) is 0.0613. The second-order valence-corrected chi connectivity index (χ2v) is 9.95. The van der Waals surface area contributed by atoms with E-state index in [9.17, 15) is 9.59 Å². The van der Waals surface area contributed by atoms with E-state index < -0.39 is 5.91 Å². The second-order valence-electron chi connectivity index (χ2n) is 7.40. The predicted octanol–water partition coefficient (Wildman–Crippen LogP) is 3.95. The number of morpholine rings is 1. The van der Waals surface area contributed by atoms with Crippen molar-refractivity contribution >= 4 is 69.1 Å². The van der Waals surface area contributed by atoms with Gasteiger partial charge in [-0.3, -0.25) is 15.0 Å². The number of halogens is 1. The Kier molecular flexibility index (Phi) is 6.59. The molecule has 174 valence electrons. The average molecular weight is 516 g/mol. The van der Waals surface area contributed by atoms with Crippen molar-refractivity contribution in [2.24, 2.45) is 10.1 Å². The minimum absolute atomic E-state index is 0.0613. The standard InChI is InChI=1S/C22H18ClN5O4S2/c23-13-1-4-15(5-2-13)33-19-6-3-14(32-19)11-16-20(24)28-22(25-21(16)30)34-17(26-28)12-18(29)27-7-9-31-10-8-27/h1-6,11,24H,7-10,12H2/b16-11+,24-20?. The third-order valence-corrected chi connectivity index (χ3v) is 7.17. The van der Waals surface area contributed by atoms with E-state index in [0.717, 1.165) is 16.7 Å². The van der Waals surface area contributed by atoms with Crippen molar-refractivity contribution < 1.29 is 18.7 Å². The molecule has 1 saturated heterocycles. The molecule has 2 amide bonds. The maximum atomic E-state index is 12.6. The molecule has 3 aliphatic heterocycles. The molecule has 1 N–H and O–H groups in total. The zero-order valence-corrected chi connectivity index (χ0v) is 20.1. The first-order valence-electron chi connectivity index (χ1n) is 10.3. The maximum absolute atomic E-state index is 12.6. The van der Waals surface area contributed by atoms with Gasteiger partial charge in [0.1, 0.15) is 10.8 Å². The minimum Gasteiger partial charge on any atom is -0.450 e. The predicted molar refractivity (Wildman–Crippen MR) is 131 cm³/mol. The summed E-state index contributed by atoms with van der Waals surface area (Å²) in [6.45, 7) is 2.13. The van der Waals surface area contributed by atoms with Crippen molar-refractivity contribution in [3.05, 3.63) is 52.8 Å². The van der Waals surface area contributed by atoms with Gasteiger partial charge in [-0.05, 0) is 54.2 Å². The smallest absolute Gasteiger partial charge is 0.283 e. The number of nitrogens with one attached hydrogen (secondary N) is 1. The molecule has 0 radical (unpaired) electrons. The van der Waals surface area contributed by atoms with Crippen molar-refractivity contribution in [2.75, 3.05) is 26.3 Å². The third-order valence-electron chi connectivity index (χ3n) is 5.08. The molecule has 0 aliphatic carbocycles. The van der Waals surface area contributed by atoms with Crippen LogP contribution in [-0.4, -0.2) is 64.1 Å². The second kappa shape index (κ2) is 9.79. The largest absolute Gasteiger partial charge is 0.450 e. The summed E-state index contributed by atoms with van der Waals surface area (Å²) in [5.74, 6) is -0.311. The molecule has 4 heterocycles. The fourth-order valence-electron chi connectivity index (χ4n) is 3.38. The van der Waals surface area contributed by atoms with Crippen LogP contribution in [0.5, 0.6) is 0 Å². The highest BCUT2D eigenvalue weighted by Gasteiger charge is 2.36. The Morgan fingerprint density at radius 3 is 2.74 bits per heavy atom. The number of carbonyl (C=O) groups is 2. The number of carbonyl (C=O) groups excluding carboxylic acids is 2. The van der Waals surface area contributed by atoms with E-state index in [1.54, 1.807) is 29.2 Å². The van der Waals surface area contributed by atoms with E-state index in [0.29, 0.717) is 47.2 Å². The maximum Gasteiger partial charge on any atom is 0.283 e. The van der Waals surface area contributed by atoms with Gasteiger partial charge in [0, 0.05) is 23.0 Å². The summed E-state index contributed by atoms with van der Waals surface area (Å²) in [7, 11) is 0. The molecule has 1 aromatic heterocycles. The third kappa shape index (κ3) is 4.97. The Balaban J connectivity index is 1.29. The van der Waals surface area contributed by atoms with Crippen LogP contribution >= 0.6 is 35.1 Å². The number of aliphatic imine (C=N–C) groups is 1. The lowest BCUT2D eigenvalue weighted by atomic mass is 10.1. The van der Waals surface area contributed by atoms with Gasteiger partial charge in [-0.1, -0.05) is 23.4 Å². The van der Waals surface area contributed by atoms with Crippen LogP contribution in [0, 0.1) is 5.41 Å². The summed E-state index contributed by atoms with van der Waals surface area (Å²) in [6.07, 6.45) is 1.57. The van der Waals surface area contributed by atoms with Gasteiger partial charge in [0.2, 0.25) is 11.1 Å². The minimum atomic E-state index is -0.553. The van der Waals surface area contributed by atoms with E-state index in [4.69, 9.17) is 26.2 Å². The van der Waals surface area contributed by atoms with Crippen molar-refractivity contribution in [3.63, 3.8) is 0 Å². The number of amidine groups is 2. The number of nitrogens with zero attached hydrogens (tertiary/aromatic N) is 4. The fraction of sp³-hybridized carbons (Fsp3) is 0.227. The molecular weight excluding hydrogens is 498 g/mol. The summed E-state index contributed by atoms with van der Waals surface area (Å²) < 4.78 is 11.1. The quantitative estimate of drug-likeness (QED) is 0.600. The number of amides is 2. The molecule has 0 unspecified atom stereocenters. The van der Waals surface area contributed by atoms with E-state index in [-0.39, 0.29) is 28.9 Å². The van der Waals surface area contributed by atoms with Crippen LogP contribution in [0.15, 0.2) is 66.5 Å². The van der Waals surface area contributed by atoms with Crippen molar-refractivity contribution in [3.8, 4) is 0 Å². The summed E-state index contributed by atoms with van der Waals surface area (Å²) >= 11 is 8.47. The van der Waals surface area contributed by atoms with Gasteiger partial charge in [0.25, 0.3) is 5.91 Å². The SMILES string of the molecule is N=C1/C(=C\c2ccc(Sc3ccc(Cl)cc3)o2)C(=O)N=C2SC(CC(=O)N3CCOCC3)=NN12. The molecule has 2 aromatic rings. The lowest BCUT2D eigenvalue weighted by Crippen LogP contribution is -2.41. The van der Waals surface area contributed by atoms with Crippen LogP contribution in [0.1, 0.15) is 12.2 Å². The molecular formula is C22H18ClN5O4S2. The molecule has 0 atom stereocenters. The van der Waals surface area contributed by atoms with Crippen LogP contribution in [0.2, 0.25) is 5.02 Å². The Labute approximate surface area is 208 Å². The Morgan fingerprint density at radius 1 is 1.21 bits per heavy atom. The van der Waals surface area contributed by atoms with Crippen LogP contribution in [-0.2, 0) is 14.3 Å². The number of fused-ring (bicyclic) bond motifs is 1. The normalized spacial score (nSPS) is 19.4. The van der Waals surface area contributed by atoms with Gasteiger partial charge in [-0.2, -0.15) is 15.1 Å². The van der Waals surface area contributed by atoms with Crippen molar-refractivity contribution in [1.29, 1.82) is 5.41 Å². The van der Waals surface area contributed by atoms with E-state index in [1.165, 1.54) is 22.8 Å². The first kappa shape index (κ1) is 22.9. The summed E-state index contributed by atoms with van der Waals surface area (Å²) in [5, 5.41) is 16.2. The zero-order valence-electron chi connectivity index (χ0n) is 17.7. The highest BCUT2D eigenvalue weighted by atomic mass is 35.5. The highest BCUT2D eigenvalue weighted by Crippen LogP contribution is 2.32. The lowest BCUT2D eigenvalue weighted by molar-refractivity contribution is -0.133. The van der Waals surface area contributed by atoms with Gasteiger partial charge in [-0.25, -0.2) is 0 Å². The average Bonchev–Trinajstić information content (AvgIpc) is 3.45. The summed E-state index contributed by atoms with van der Waals surface area (Å²) in [6, 6.07) is 10.9. The zero-order chi connectivity index (χ0) is 23.7. The van der Waals surface area contributed by atoms with E-state index in [1.807, 2.05) is 12.1 Å². The van der Waals surface area contributed by atoms with Gasteiger partial charge in [0.15, 0.2) is 10.9 Å². The van der Waals surface area contributed by atoms with Crippen LogP contribution in [0.4, 0.5) is 0 Å². The van der Waals surface area contributed by atoms with Crippen LogP contribution < -0.4 is 0 Å². The number of furan rings is 1. The molecule has 12 heteroatoms. The number of hydrogen-bond donors (Lipinski definition) is 1. The Bertz CT molecular complexity index is 1250. The molecule has 0 spiro atoms. The Hall–Kier alpha value is -2.86. The molecule has 1 aromatic carbocycles. The number of rotatable bonds is 5. The lowest BCUT2D eigenvalue weighted by Gasteiger charge is -2.26. The molecule has 3 aliphatic rings. The van der Waals surface area contributed by atoms with Gasteiger partial charge in [-0.15, -0.1) is 0 Å². The molecule has 34 heavy (non-hydrogen) atoms. The van der Waals surface area contributed by atoms with Gasteiger partial charge in [0.05, 0.1) is 25.2 Å². The van der Waals surface area contributed by atoms with Crippen LogP contribution in [0.25, 0.3) is 6.08 Å². The fourth-order valence-corrected chi connectivity index (χ4v) is 5.17. The summed E-state index contributed by atoms with van der Waals surface area (Å²) in [4.78, 5) is 31.9.